The van der Waals surface area contributed by atoms with Gasteiger partial charge in [0.1, 0.15) is 0 Å². The molecular weight excluding hydrogens is 210 g/mol. The smallest absolute Gasteiger partial charge is 0.0477 e. The number of rotatable bonds is 4. The summed E-state index contributed by atoms with van der Waals surface area (Å²) in [5.41, 5.74) is 8.07. The Kier molecular flexibility index (Phi) is 3.22. The second-order valence-corrected chi connectivity index (χ2v) is 5.04. The van der Waals surface area contributed by atoms with Gasteiger partial charge in [-0.15, -0.1) is 0 Å². The first kappa shape index (κ1) is 12.1. The molecule has 3 N–H and O–H groups in total. The summed E-state index contributed by atoms with van der Waals surface area (Å²) >= 11 is 0. The van der Waals surface area contributed by atoms with E-state index < -0.39 is 0 Å². The first-order chi connectivity index (χ1) is 8.04. The predicted molar refractivity (Wildman–Crippen MR) is 73.0 cm³/mol. The van der Waals surface area contributed by atoms with Crippen LogP contribution in [-0.4, -0.2) is 17.7 Å². The van der Waals surface area contributed by atoms with E-state index in [4.69, 9.17) is 5.73 Å². The van der Waals surface area contributed by atoms with Gasteiger partial charge in [-0.1, -0.05) is 6.07 Å². The van der Waals surface area contributed by atoms with Gasteiger partial charge in [-0.05, 0) is 43.0 Å². The number of nitrogens with two attached hydrogens (primary N) is 1. The van der Waals surface area contributed by atoms with Crippen molar-refractivity contribution in [2.24, 2.45) is 12.8 Å². The second-order valence-electron chi connectivity index (χ2n) is 5.04. The minimum absolute atomic E-state index is 0.0383. The minimum atomic E-state index is -0.0383. The average molecular weight is 231 g/mol. The van der Waals surface area contributed by atoms with E-state index in [0.29, 0.717) is 6.54 Å². The molecule has 2 rings (SSSR count). The zero-order valence-corrected chi connectivity index (χ0v) is 10.8. The Hall–Kier alpha value is -1.32. The molecule has 0 saturated carbocycles. The second kappa shape index (κ2) is 4.51. The summed E-state index contributed by atoms with van der Waals surface area (Å²) in [6, 6.07) is 8.76. The summed E-state index contributed by atoms with van der Waals surface area (Å²) in [5, 5.41) is 4.75. The third kappa shape index (κ3) is 2.35. The van der Waals surface area contributed by atoms with E-state index in [9.17, 15) is 0 Å². The Morgan fingerprint density at radius 1 is 1.29 bits per heavy atom. The van der Waals surface area contributed by atoms with Crippen molar-refractivity contribution < 1.29 is 0 Å². The Bertz CT molecular complexity index is 511. The Morgan fingerprint density at radius 2 is 2.06 bits per heavy atom. The van der Waals surface area contributed by atoms with Crippen LogP contribution in [0.3, 0.4) is 0 Å². The van der Waals surface area contributed by atoms with Crippen molar-refractivity contribution >= 4 is 10.9 Å². The molecular formula is C14H21N3. The molecule has 0 atom stereocenters. The Balaban J connectivity index is 2.35. The van der Waals surface area contributed by atoms with Gasteiger partial charge in [0.15, 0.2) is 0 Å². The van der Waals surface area contributed by atoms with Crippen molar-refractivity contribution in [3.8, 4) is 0 Å². The number of hydrogen-bond acceptors (Lipinski definition) is 2. The third-order valence-electron chi connectivity index (χ3n) is 3.32. The quantitative estimate of drug-likeness (QED) is 0.844. The van der Waals surface area contributed by atoms with E-state index in [2.05, 4.69) is 61.2 Å². The fraction of sp³-hybridized carbons (Fsp3) is 0.429. The van der Waals surface area contributed by atoms with Crippen LogP contribution in [0.25, 0.3) is 10.9 Å². The van der Waals surface area contributed by atoms with E-state index in [1.807, 2.05) is 0 Å². The summed E-state index contributed by atoms with van der Waals surface area (Å²) in [6.07, 6.45) is 2.09. The van der Waals surface area contributed by atoms with E-state index in [1.165, 1.54) is 16.5 Å². The predicted octanol–water partition coefficient (Wildman–Crippen LogP) is 1.96. The van der Waals surface area contributed by atoms with Gasteiger partial charge in [0, 0.05) is 37.4 Å². The highest BCUT2D eigenvalue weighted by atomic mass is 15.0. The molecule has 3 heteroatoms. The van der Waals surface area contributed by atoms with Crippen molar-refractivity contribution in [1.29, 1.82) is 0 Å². The van der Waals surface area contributed by atoms with Crippen LogP contribution in [-0.2, 0) is 12.6 Å². The van der Waals surface area contributed by atoms with Gasteiger partial charge in [0.2, 0.25) is 0 Å². The standard InChI is InChI=1S/C14H21N3/c1-14(2,16-8-7-15)12-4-5-13-11(10-12)6-9-17(13)3/h4-6,9-10,16H,7-8,15H2,1-3H3. The largest absolute Gasteiger partial charge is 0.351 e. The molecule has 0 bridgehead atoms. The summed E-state index contributed by atoms with van der Waals surface area (Å²) < 4.78 is 2.14. The molecule has 1 aromatic heterocycles. The molecule has 0 aliphatic heterocycles. The third-order valence-corrected chi connectivity index (χ3v) is 3.32. The molecule has 0 spiro atoms. The maximum atomic E-state index is 5.54. The van der Waals surface area contributed by atoms with Crippen LogP contribution in [0.1, 0.15) is 19.4 Å². The van der Waals surface area contributed by atoms with Gasteiger partial charge >= 0.3 is 0 Å². The summed E-state index contributed by atoms with van der Waals surface area (Å²) in [4.78, 5) is 0. The maximum Gasteiger partial charge on any atom is 0.0477 e. The molecule has 0 amide bonds. The highest BCUT2D eigenvalue weighted by Crippen LogP contribution is 2.24. The van der Waals surface area contributed by atoms with Gasteiger partial charge in [-0.25, -0.2) is 0 Å². The number of aromatic nitrogens is 1. The van der Waals surface area contributed by atoms with Crippen molar-refractivity contribution in [2.45, 2.75) is 19.4 Å². The van der Waals surface area contributed by atoms with Crippen LogP contribution >= 0.6 is 0 Å². The fourth-order valence-electron chi connectivity index (χ4n) is 2.16. The molecule has 0 aliphatic rings. The lowest BCUT2D eigenvalue weighted by Crippen LogP contribution is -2.39. The molecule has 0 saturated heterocycles. The number of fused-ring (bicyclic) bond motifs is 1. The lowest BCUT2D eigenvalue weighted by atomic mass is 9.93. The highest BCUT2D eigenvalue weighted by molar-refractivity contribution is 5.81. The van der Waals surface area contributed by atoms with Crippen LogP contribution < -0.4 is 11.1 Å². The highest BCUT2D eigenvalue weighted by Gasteiger charge is 2.19. The summed E-state index contributed by atoms with van der Waals surface area (Å²) in [5.74, 6) is 0. The average Bonchev–Trinajstić information content (AvgIpc) is 2.68. The zero-order chi connectivity index (χ0) is 12.5. The number of benzene rings is 1. The van der Waals surface area contributed by atoms with Crippen LogP contribution in [0.4, 0.5) is 0 Å². The first-order valence-corrected chi connectivity index (χ1v) is 6.05. The number of hydrogen-bond donors (Lipinski definition) is 2. The first-order valence-electron chi connectivity index (χ1n) is 6.05. The van der Waals surface area contributed by atoms with Crippen LogP contribution in [0.15, 0.2) is 30.5 Å². The summed E-state index contributed by atoms with van der Waals surface area (Å²) in [7, 11) is 2.07. The number of aryl methyl sites for hydroxylation is 1. The lowest BCUT2D eigenvalue weighted by molar-refractivity contribution is 0.410. The molecule has 0 fully saturated rings. The van der Waals surface area contributed by atoms with E-state index in [0.717, 1.165) is 6.54 Å². The van der Waals surface area contributed by atoms with E-state index in [-0.39, 0.29) is 5.54 Å². The summed E-state index contributed by atoms with van der Waals surface area (Å²) in [6.45, 7) is 5.87. The van der Waals surface area contributed by atoms with Gasteiger partial charge in [0.05, 0.1) is 0 Å². The SMILES string of the molecule is Cn1ccc2cc(C(C)(C)NCCN)ccc21. The monoisotopic (exact) mass is 231 g/mol. The van der Waals surface area contributed by atoms with Crippen molar-refractivity contribution in [3.63, 3.8) is 0 Å². The topological polar surface area (TPSA) is 43.0 Å². The molecule has 0 radical (unpaired) electrons. The molecule has 0 unspecified atom stereocenters. The fourth-order valence-corrected chi connectivity index (χ4v) is 2.16. The van der Waals surface area contributed by atoms with Crippen molar-refractivity contribution in [3.05, 3.63) is 36.0 Å². The zero-order valence-electron chi connectivity index (χ0n) is 10.8. The van der Waals surface area contributed by atoms with E-state index in [1.54, 1.807) is 0 Å². The van der Waals surface area contributed by atoms with Gasteiger partial charge < -0.3 is 15.6 Å². The molecule has 1 aromatic carbocycles. The Morgan fingerprint density at radius 3 is 2.76 bits per heavy atom. The Labute approximate surface area is 103 Å². The number of nitrogens with one attached hydrogen (secondary N) is 1. The maximum absolute atomic E-state index is 5.54. The normalized spacial score (nSPS) is 12.2. The van der Waals surface area contributed by atoms with Gasteiger partial charge in [-0.3, -0.25) is 0 Å². The molecule has 1 heterocycles. The van der Waals surface area contributed by atoms with Crippen LogP contribution in [0.5, 0.6) is 0 Å². The van der Waals surface area contributed by atoms with Gasteiger partial charge in [0.25, 0.3) is 0 Å². The molecule has 0 aliphatic carbocycles. The van der Waals surface area contributed by atoms with Crippen LogP contribution in [0, 0.1) is 0 Å². The lowest BCUT2D eigenvalue weighted by Gasteiger charge is -2.27. The minimum Gasteiger partial charge on any atom is -0.351 e. The number of nitrogens with zero attached hydrogens (tertiary/aromatic N) is 1. The molecule has 92 valence electrons. The van der Waals surface area contributed by atoms with Gasteiger partial charge in [-0.2, -0.15) is 0 Å². The molecule has 17 heavy (non-hydrogen) atoms. The van der Waals surface area contributed by atoms with Crippen molar-refractivity contribution in [2.75, 3.05) is 13.1 Å². The molecule has 2 aromatic rings. The van der Waals surface area contributed by atoms with E-state index >= 15 is 0 Å². The van der Waals surface area contributed by atoms with Crippen LogP contribution in [0.2, 0.25) is 0 Å². The van der Waals surface area contributed by atoms with Crippen molar-refractivity contribution in [1.82, 2.24) is 9.88 Å². The molecule has 3 nitrogen and oxygen atoms in total.